The molecule has 1 aromatic rings. The smallest absolute Gasteiger partial charge is 0.236 e. The molecule has 23 heavy (non-hydrogen) atoms. The SMILES string of the molecule is CN(C)CC(=O)N1CCN(CC(O)c2c(F)cccc2F)CC1. The van der Waals surface area contributed by atoms with Gasteiger partial charge in [-0.05, 0) is 26.2 Å². The Bertz CT molecular complexity index is 526. The van der Waals surface area contributed by atoms with Gasteiger partial charge in [0.2, 0.25) is 5.91 Å². The van der Waals surface area contributed by atoms with Gasteiger partial charge in [0.15, 0.2) is 0 Å². The van der Waals surface area contributed by atoms with E-state index in [1.165, 1.54) is 6.07 Å². The summed E-state index contributed by atoms with van der Waals surface area (Å²) in [5, 5.41) is 10.1. The first kappa shape index (κ1) is 17.8. The largest absolute Gasteiger partial charge is 0.387 e. The summed E-state index contributed by atoms with van der Waals surface area (Å²) in [7, 11) is 3.68. The molecule has 1 fully saturated rings. The zero-order chi connectivity index (χ0) is 17.0. The van der Waals surface area contributed by atoms with Crippen LogP contribution in [-0.2, 0) is 4.79 Å². The molecule has 0 spiro atoms. The number of likely N-dealkylation sites (N-methyl/N-ethyl adjacent to an activating group) is 1. The number of benzene rings is 1. The molecule has 1 saturated heterocycles. The van der Waals surface area contributed by atoms with Crippen molar-refractivity contribution in [2.24, 2.45) is 0 Å². The molecule has 0 saturated carbocycles. The van der Waals surface area contributed by atoms with E-state index in [0.29, 0.717) is 32.7 Å². The van der Waals surface area contributed by atoms with Crippen molar-refractivity contribution in [3.05, 3.63) is 35.4 Å². The highest BCUT2D eigenvalue weighted by atomic mass is 19.1. The molecule has 1 amide bonds. The van der Waals surface area contributed by atoms with Gasteiger partial charge >= 0.3 is 0 Å². The summed E-state index contributed by atoms with van der Waals surface area (Å²) in [4.78, 5) is 17.5. The number of carbonyl (C=O) groups is 1. The zero-order valence-corrected chi connectivity index (χ0v) is 13.5. The van der Waals surface area contributed by atoms with Crippen LogP contribution >= 0.6 is 0 Å². The number of aliphatic hydroxyl groups excluding tert-OH is 1. The molecule has 1 aromatic carbocycles. The van der Waals surface area contributed by atoms with Crippen LogP contribution in [0, 0.1) is 11.6 Å². The Morgan fingerprint density at radius 1 is 1.22 bits per heavy atom. The summed E-state index contributed by atoms with van der Waals surface area (Å²) >= 11 is 0. The first-order chi connectivity index (χ1) is 10.9. The third kappa shape index (κ3) is 4.70. The summed E-state index contributed by atoms with van der Waals surface area (Å²) in [6, 6.07) is 3.55. The monoisotopic (exact) mass is 327 g/mol. The van der Waals surface area contributed by atoms with Crippen LogP contribution in [-0.4, -0.2) is 79.1 Å². The van der Waals surface area contributed by atoms with Gasteiger partial charge in [0, 0.05) is 32.7 Å². The number of piperazine rings is 1. The number of hydrogen-bond donors (Lipinski definition) is 1. The van der Waals surface area contributed by atoms with Gasteiger partial charge in [-0.15, -0.1) is 0 Å². The molecule has 0 radical (unpaired) electrons. The van der Waals surface area contributed by atoms with Gasteiger partial charge in [0.1, 0.15) is 11.6 Å². The van der Waals surface area contributed by atoms with Crippen LogP contribution in [0.15, 0.2) is 18.2 Å². The quantitative estimate of drug-likeness (QED) is 0.865. The minimum atomic E-state index is -1.22. The highest BCUT2D eigenvalue weighted by Crippen LogP contribution is 2.22. The number of hydrogen-bond acceptors (Lipinski definition) is 4. The van der Waals surface area contributed by atoms with Crippen LogP contribution in [0.4, 0.5) is 8.78 Å². The van der Waals surface area contributed by atoms with Crippen molar-refractivity contribution in [1.82, 2.24) is 14.7 Å². The number of nitrogens with zero attached hydrogens (tertiary/aromatic N) is 3. The van der Waals surface area contributed by atoms with Gasteiger partial charge in [-0.25, -0.2) is 8.78 Å². The average Bonchev–Trinajstić information content (AvgIpc) is 2.47. The lowest BCUT2D eigenvalue weighted by Crippen LogP contribution is -2.51. The molecule has 1 N–H and O–H groups in total. The van der Waals surface area contributed by atoms with Crippen LogP contribution in [0.25, 0.3) is 0 Å². The Labute approximate surface area is 135 Å². The van der Waals surface area contributed by atoms with Crippen molar-refractivity contribution in [2.75, 3.05) is 53.4 Å². The van der Waals surface area contributed by atoms with Crippen molar-refractivity contribution in [2.45, 2.75) is 6.10 Å². The fourth-order valence-corrected chi connectivity index (χ4v) is 2.72. The van der Waals surface area contributed by atoms with E-state index in [-0.39, 0.29) is 18.0 Å². The molecule has 1 aliphatic rings. The Kier molecular flexibility index (Phi) is 6.04. The van der Waals surface area contributed by atoms with Gasteiger partial charge in [0.05, 0.1) is 18.2 Å². The predicted octanol–water partition coefficient (Wildman–Crippen LogP) is 0.704. The van der Waals surface area contributed by atoms with Crippen molar-refractivity contribution >= 4 is 5.91 Å². The maximum absolute atomic E-state index is 13.7. The van der Waals surface area contributed by atoms with E-state index in [9.17, 15) is 18.7 Å². The van der Waals surface area contributed by atoms with Crippen LogP contribution < -0.4 is 0 Å². The number of carbonyl (C=O) groups excluding carboxylic acids is 1. The standard InChI is InChI=1S/C16H23F2N3O2/c1-19(2)11-15(23)21-8-6-20(7-9-21)10-14(22)16-12(17)4-3-5-13(16)18/h3-5,14,22H,6-11H2,1-2H3. The van der Waals surface area contributed by atoms with Gasteiger partial charge in [0.25, 0.3) is 0 Å². The van der Waals surface area contributed by atoms with Crippen LogP contribution in [0.3, 0.4) is 0 Å². The fourth-order valence-electron chi connectivity index (χ4n) is 2.72. The van der Waals surface area contributed by atoms with E-state index in [4.69, 9.17) is 0 Å². The van der Waals surface area contributed by atoms with E-state index in [1.807, 2.05) is 23.9 Å². The summed E-state index contributed by atoms with van der Waals surface area (Å²) in [5.41, 5.74) is -0.293. The Morgan fingerprint density at radius 2 is 1.78 bits per heavy atom. The second-order valence-electron chi connectivity index (χ2n) is 6.07. The summed E-state index contributed by atoms with van der Waals surface area (Å²) in [5.74, 6) is -1.41. The lowest BCUT2D eigenvalue weighted by atomic mass is 10.1. The molecule has 128 valence electrons. The lowest BCUT2D eigenvalue weighted by Gasteiger charge is -2.36. The Balaban J connectivity index is 1.88. The predicted molar refractivity (Wildman–Crippen MR) is 82.9 cm³/mol. The van der Waals surface area contributed by atoms with Crippen molar-refractivity contribution in [1.29, 1.82) is 0 Å². The minimum absolute atomic E-state index is 0.0651. The number of amides is 1. The maximum Gasteiger partial charge on any atom is 0.236 e. The van der Waals surface area contributed by atoms with Gasteiger partial charge in [-0.1, -0.05) is 6.07 Å². The number of halogens is 2. The van der Waals surface area contributed by atoms with Gasteiger partial charge in [-0.2, -0.15) is 0 Å². The highest BCUT2D eigenvalue weighted by molar-refractivity contribution is 5.78. The molecule has 1 heterocycles. The first-order valence-corrected chi connectivity index (χ1v) is 7.65. The van der Waals surface area contributed by atoms with E-state index in [1.54, 1.807) is 4.90 Å². The van der Waals surface area contributed by atoms with E-state index in [0.717, 1.165) is 12.1 Å². The van der Waals surface area contributed by atoms with Crippen molar-refractivity contribution in [3.63, 3.8) is 0 Å². The molecule has 1 aliphatic heterocycles. The average molecular weight is 327 g/mol. The third-order valence-electron chi connectivity index (χ3n) is 3.94. The third-order valence-corrected chi connectivity index (χ3v) is 3.94. The maximum atomic E-state index is 13.7. The van der Waals surface area contributed by atoms with Crippen molar-refractivity contribution < 1.29 is 18.7 Å². The van der Waals surface area contributed by atoms with Crippen molar-refractivity contribution in [3.8, 4) is 0 Å². The van der Waals surface area contributed by atoms with Crippen LogP contribution in [0.1, 0.15) is 11.7 Å². The van der Waals surface area contributed by atoms with E-state index < -0.39 is 17.7 Å². The van der Waals surface area contributed by atoms with Gasteiger partial charge < -0.3 is 14.9 Å². The normalized spacial score (nSPS) is 17.6. The van der Waals surface area contributed by atoms with Crippen LogP contribution in [0.2, 0.25) is 0 Å². The zero-order valence-electron chi connectivity index (χ0n) is 13.5. The van der Waals surface area contributed by atoms with E-state index in [2.05, 4.69) is 0 Å². The number of aliphatic hydroxyl groups is 1. The number of β-amino-alcohol motifs (C(OH)–C–C–N with tert-alkyl or cyclic N) is 1. The molecule has 7 heteroatoms. The molecule has 1 unspecified atom stereocenters. The molecule has 1 atom stereocenters. The highest BCUT2D eigenvalue weighted by Gasteiger charge is 2.25. The number of rotatable bonds is 5. The van der Waals surface area contributed by atoms with Gasteiger partial charge in [-0.3, -0.25) is 9.69 Å². The summed E-state index contributed by atoms with van der Waals surface area (Å²) in [6.45, 7) is 2.77. The molecule has 0 aromatic heterocycles. The molecule has 2 rings (SSSR count). The lowest BCUT2D eigenvalue weighted by molar-refractivity contribution is -0.133. The second-order valence-corrected chi connectivity index (χ2v) is 6.07. The first-order valence-electron chi connectivity index (χ1n) is 7.65. The molecule has 0 bridgehead atoms. The second kappa shape index (κ2) is 7.81. The Morgan fingerprint density at radius 3 is 2.30 bits per heavy atom. The van der Waals surface area contributed by atoms with E-state index >= 15 is 0 Å². The Hall–Kier alpha value is -1.57. The molecule has 5 nitrogen and oxygen atoms in total. The fraction of sp³-hybridized carbons (Fsp3) is 0.562. The molecule has 0 aliphatic carbocycles. The van der Waals surface area contributed by atoms with Crippen LogP contribution in [0.5, 0.6) is 0 Å². The topological polar surface area (TPSA) is 47.0 Å². The summed E-state index contributed by atoms with van der Waals surface area (Å²) in [6.07, 6.45) is -1.22. The molecular weight excluding hydrogens is 304 g/mol. The summed E-state index contributed by atoms with van der Waals surface area (Å²) < 4.78 is 27.3. The minimum Gasteiger partial charge on any atom is -0.387 e. The molecular formula is C16H23F2N3O2.